The first-order chi connectivity index (χ1) is 9.31. The minimum absolute atomic E-state index is 0.455. The highest BCUT2D eigenvalue weighted by atomic mass is 32.2. The van der Waals surface area contributed by atoms with Crippen LogP contribution in [0, 0.1) is 0 Å². The molecule has 0 heterocycles. The number of fused-ring (bicyclic) bond motifs is 1. The molecule has 1 atom stereocenters. The summed E-state index contributed by atoms with van der Waals surface area (Å²) < 4.78 is 0. The molecule has 1 aromatic rings. The summed E-state index contributed by atoms with van der Waals surface area (Å²) in [5.41, 5.74) is 4.59. The van der Waals surface area contributed by atoms with Crippen molar-refractivity contribution in [2.45, 2.75) is 38.6 Å². The van der Waals surface area contributed by atoms with Gasteiger partial charge in [-0.05, 0) is 49.3 Å². The van der Waals surface area contributed by atoms with E-state index in [1.165, 1.54) is 31.2 Å². The van der Waals surface area contributed by atoms with Crippen LogP contribution in [0.1, 0.15) is 42.5 Å². The lowest BCUT2D eigenvalue weighted by Crippen LogP contribution is -2.21. The monoisotopic (exact) mass is 275 g/mol. The van der Waals surface area contributed by atoms with E-state index >= 15 is 0 Å². The van der Waals surface area contributed by atoms with Crippen molar-refractivity contribution in [3.05, 3.63) is 47.5 Å². The van der Waals surface area contributed by atoms with Crippen LogP contribution in [0.3, 0.4) is 0 Å². The molecule has 1 aliphatic rings. The lowest BCUT2D eigenvalue weighted by atomic mass is 9.89. The number of rotatable bonds is 7. The SMILES string of the molecule is C=CCSCCNC(C)c1ccc2c(c1)CCCC2. The van der Waals surface area contributed by atoms with E-state index in [-0.39, 0.29) is 0 Å². The number of benzene rings is 1. The van der Waals surface area contributed by atoms with Crippen molar-refractivity contribution in [2.24, 2.45) is 0 Å². The van der Waals surface area contributed by atoms with E-state index in [9.17, 15) is 0 Å². The molecular weight excluding hydrogens is 250 g/mol. The van der Waals surface area contributed by atoms with Crippen molar-refractivity contribution in [3.8, 4) is 0 Å². The molecule has 2 rings (SSSR count). The maximum Gasteiger partial charge on any atom is 0.0292 e. The Morgan fingerprint density at radius 2 is 2.11 bits per heavy atom. The van der Waals surface area contributed by atoms with Gasteiger partial charge in [0.1, 0.15) is 0 Å². The first-order valence-electron chi connectivity index (χ1n) is 7.35. The van der Waals surface area contributed by atoms with Gasteiger partial charge in [0.2, 0.25) is 0 Å². The summed E-state index contributed by atoms with van der Waals surface area (Å²) in [5, 5.41) is 3.61. The van der Waals surface area contributed by atoms with Gasteiger partial charge >= 0.3 is 0 Å². The summed E-state index contributed by atoms with van der Waals surface area (Å²) in [4.78, 5) is 0. The summed E-state index contributed by atoms with van der Waals surface area (Å²) in [7, 11) is 0. The summed E-state index contributed by atoms with van der Waals surface area (Å²) in [6.45, 7) is 7.07. The molecule has 0 radical (unpaired) electrons. The van der Waals surface area contributed by atoms with Crippen LogP contribution in [0.4, 0.5) is 0 Å². The molecule has 104 valence electrons. The van der Waals surface area contributed by atoms with Crippen molar-refractivity contribution in [1.29, 1.82) is 0 Å². The van der Waals surface area contributed by atoms with Gasteiger partial charge in [0.15, 0.2) is 0 Å². The zero-order chi connectivity index (χ0) is 13.5. The van der Waals surface area contributed by atoms with E-state index in [0.29, 0.717) is 6.04 Å². The van der Waals surface area contributed by atoms with Crippen LogP contribution in [0.2, 0.25) is 0 Å². The number of nitrogens with one attached hydrogen (secondary N) is 1. The maximum absolute atomic E-state index is 3.74. The molecule has 0 amide bonds. The molecule has 1 aromatic carbocycles. The van der Waals surface area contributed by atoms with Gasteiger partial charge < -0.3 is 5.32 Å². The highest BCUT2D eigenvalue weighted by Gasteiger charge is 2.11. The average molecular weight is 275 g/mol. The fourth-order valence-electron chi connectivity index (χ4n) is 2.65. The average Bonchev–Trinajstić information content (AvgIpc) is 2.46. The van der Waals surface area contributed by atoms with Gasteiger partial charge in [-0.25, -0.2) is 0 Å². The number of thioether (sulfide) groups is 1. The second-order valence-corrected chi connectivity index (χ2v) is 6.42. The molecule has 0 saturated carbocycles. The predicted molar refractivity (Wildman–Crippen MR) is 87.0 cm³/mol. The fourth-order valence-corrected chi connectivity index (χ4v) is 3.25. The first-order valence-corrected chi connectivity index (χ1v) is 8.50. The maximum atomic E-state index is 3.74. The molecule has 1 aliphatic carbocycles. The summed E-state index contributed by atoms with van der Waals surface area (Å²) in [5.74, 6) is 2.20. The van der Waals surface area contributed by atoms with Gasteiger partial charge in [-0.15, -0.1) is 6.58 Å². The summed E-state index contributed by atoms with van der Waals surface area (Å²) >= 11 is 1.93. The summed E-state index contributed by atoms with van der Waals surface area (Å²) in [6, 6.07) is 7.52. The van der Waals surface area contributed by atoms with Gasteiger partial charge in [0.05, 0.1) is 0 Å². The standard InChI is InChI=1S/C17H25NS/c1-3-11-19-12-10-18-14(2)16-9-8-15-6-4-5-7-17(15)13-16/h3,8-9,13-14,18H,1,4-7,10-12H2,2H3. The Morgan fingerprint density at radius 3 is 2.89 bits per heavy atom. The van der Waals surface area contributed by atoms with Crippen molar-refractivity contribution in [2.75, 3.05) is 18.1 Å². The smallest absolute Gasteiger partial charge is 0.0292 e. The van der Waals surface area contributed by atoms with E-state index in [1.54, 1.807) is 11.1 Å². The van der Waals surface area contributed by atoms with E-state index in [4.69, 9.17) is 0 Å². The summed E-state index contributed by atoms with van der Waals surface area (Å²) in [6.07, 6.45) is 7.23. The largest absolute Gasteiger partial charge is 0.309 e. The number of aryl methyl sites for hydroxylation is 2. The van der Waals surface area contributed by atoms with Gasteiger partial charge in [0.25, 0.3) is 0 Å². The van der Waals surface area contributed by atoms with Crippen molar-refractivity contribution < 1.29 is 0 Å². The molecule has 1 N–H and O–H groups in total. The molecule has 0 bridgehead atoms. The van der Waals surface area contributed by atoms with Crippen LogP contribution in [-0.4, -0.2) is 18.1 Å². The van der Waals surface area contributed by atoms with Crippen LogP contribution in [0.5, 0.6) is 0 Å². The third-order valence-corrected chi connectivity index (χ3v) is 4.77. The Kier molecular flexibility index (Phi) is 5.99. The van der Waals surface area contributed by atoms with Crippen molar-refractivity contribution >= 4 is 11.8 Å². The first kappa shape index (κ1) is 14.7. The molecule has 2 heteroatoms. The predicted octanol–water partition coefficient (Wildman–Crippen LogP) is 4.14. The zero-order valence-corrected chi connectivity index (χ0v) is 12.8. The van der Waals surface area contributed by atoms with Gasteiger partial charge in [-0.2, -0.15) is 11.8 Å². The molecule has 1 unspecified atom stereocenters. The van der Waals surface area contributed by atoms with Crippen molar-refractivity contribution in [3.63, 3.8) is 0 Å². The lowest BCUT2D eigenvalue weighted by Gasteiger charge is -2.20. The minimum atomic E-state index is 0.455. The second-order valence-electron chi connectivity index (χ2n) is 5.27. The van der Waals surface area contributed by atoms with Crippen LogP contribution in [0.25, 0.3) is 0 Å². The Bertz CT molecular complexity index is 414. The van der Waals surface area contributed by atoms with E-state index in [1.807, 2.05) is 17.8 Å². The normalized spacial score (nSPS) is 15.8. The minimum Gasteiger partial charge on any atom is -0.309 e. The van der Waals surface area contributed by atoms with Crippen molar-refractivity contribution in [1.82, 2.24) is 5.32 Å². The molecule has 0 aromatic heterocycles. The van der Waals surface area contributed by atoms with Crippen LogP contribution >= 0.6 is 11.8 Å². The van der Waals surface area contributed by atoms with E-state index in [2.05, 4.69) is 37.0 Å². The second kappa shape index (κ2) is 7.76. The van der Waals surface area contributed by atoms with E-state index < -0.39 is 0 Å². The number of hydrogen-bond acceptors (Lipinski definition) is 2. The molecule has 0 aliphatic heterocycles. The third kappa shape index (κ3) is 4.39. The van der Waals surface area contributed by atoms with Crippen LogP contribution < -0.4 is 5.32 Å². The van der Waals surface area contributed by atoms with E-state index in [0.717, 1.165) is 18.1 Å². The Labute approximate surface area is 121 Å². The molecule has 0 spiro atoms. The Morgan fingerprint density at radius 1 is 1.32 bits per heavy atom. The fraction of sp³-hybridized carbons (Fsp3) is 0.529. The zero-order valence-electron chi connectivity index (χ0n) is 12.0. The highest BCUT2D eigenvalue weighted by molar-refractivity contribution is 7.99. The Balaban J connectivity index is 1.85. The van der Waals surface area contributed by atoms with Crippen LogP contribution in [0.15, 0.2) is 30.9 Å². The topological polar surface area (TPSA) is 12.0 Å². The molecular formula is C17H25NS. The molecule has 0 saturated heterocycles. The quantitative estimate of drug-likeness (QED) is 0.593. The molecule has 1 nitrogen and oxygen atoms in total. The third-order valence-electron chi connectivity index (χ3n) is 3.81. The lowest BCUT2D eigenvalue weighted by molar-refractivity contribution is 0.598. The van der Waals surface area contributed by atoms with Gasteiger partial charge in [-0.1, -0.05) is 24.3 Å². The van der Waals surface area contributed by atoms with Crippen LogP contribution in [-0.2, 0) is 12.8 Å². The molecule has 19 heavy (non-hydrogen) atoms. The Hall–Kier alpha value is -0.730. The number of hydrogen-bond donors (Lipinski definition) is 1. The molecule has 0 fully saturated rings. The highest BCUT2D eigenvalue weighted by Crippen LogP contribution is 2.24. The van der Waals surface area contributed by atoms with Gasteiger partial charge in [-0.3, -0.25) is 0 Å². The van der Waals surface area contributed by atoms with Gasteiger partial charge in [0, 0.05) is 24.1 Å².